The van der Waals surface area contributed by atoms with Crippen LogP contribution in [0.25, 0.3) is 0 Å². The van der Waals surface area contributed by atoms with E-state index in [-0.39, 0.29) is 17.2 Å². The first-order chi connectivity index (χ1) is 10.5. The SMILES string of the molecule is C[C@H](Nc1ccn(CCS(C)(=O)=O)n1)c1nc(C(C)(C)C)no1. The third-order valence-corrected chi connectivity index (χ3v) is 4.10. The van der Waals surface area contributed by atoms with E-state index in [9.17, 15) is 8.42 Å². The Labute approximate surface area is 136 Å². The number of sulfone groups is 1. The van der Waals surface area contributed by atoms with Crippen LogP contribution in [0.2, 0.25) is 0 Å². The molecule has 0 fully saturated rings. The molecule has 0 aromatic carbocycles. The average molecular weight is 341 g/mol. The third-order valence-electron chi connectivity index (χ3n) is 3.18. The minimum atomic E-state index is -3.00. The van der Waals surface area contributed by atoms with Crippen molar-refractivity contribution in [1.82, 2.24) is 19.9 Å². The van der Waals surface area contributed by atoms with E-state index in [0.29, 0.717) is 24.1 Å². The summed E-state index contributed by atoms with van der Waals surface area (Å²) in [4.78, 5) is 4.40. The molecule has 1 N–H and O–H groups in total. The number of nitrogens with one attached hydrogen (secondary N) is 1. The van der Waals surface area contributed by atoms with Crippen LogP contribution in [-0.2, 0) is 21.8 Å². The summed E-state index contributed by atoms with van der Waals surface area (Å²) < 4.78 is 29.2. The van der Waals surface area contributed by atoms with E-state index in [1.165, 1.54) is 6.26 Å². The lowest BCUT2D eigenvalue weighted by molar-refractivity contribution is 0.354. The van der Waals surface area contributed by atoms with Gasteiger partial charge in [0.25, 0.3) is 0 Å². The molecule has 0 aliphatic rings. The Hall–Kier alpha value is -1.90. The molecule has 0 radical (unpaired) electrons. The highest BCUT2D eigenvalue weighted by atomic mass is 32.2. The molecular formula is C14H23N5O3S. The van der Waals surface area contributed by atoms with Crippen molar-refractivity contribution < 1.29 is 12.9 Å². The molecule has 9 heteroatoms. The van der Waals surface area contributed by atoms with E-state index in [0.717, 1.165) is 0 Å². The van der Waals surface area contributed by atoms with Crippen molar-refractivity contribution >= 4 is 15.7 Å². The number of aryl methyl sites for hydroxylation is 1. The summed E-state index contributed by atoms with van der Waals surface area (Å²) in [5.74, 6) is 1.82. The van der Waals surface area contributed by atoms with Gasteiger partial charge in [-0.1, -0.05) is 25.9 Å². The van der Waals surface area contributed by atoms with Crippen molar-refractivity contribution in [3.05, 3.63) is 24.0 Å². The Kier molecular flexibility index (Phi) is 4.79. The zero-order chi connectivity index (χ0) is 17.3. The maximum Gasteiger partial charge on any atom is 0.248 e. The molecule has 0 amide bonds. The van der Waals surface area contributed by atoms with Crippen molar-refractivity contribution in [2.45, 2.75) is 45.7 Å². The Morgan fingerprint density at radius 3 is 2.65 bits per heavy atom. The Morgan fingerprint density at radius 2 is 2.09 bits per heavy atom. The summed E-state index contributed by atoms with van der Waals surface area (Å²) in [6, 6.07) is 1.58. The minimum absolute atomic E-state index is 0.0578. The first kappa shape index (κ1) is 17.5. The molecule has 0 saturated carbocycles. The van der Waals surface area contributed by atoms with Crippen molar-refractivity contribution in [1.29, 1.82) is 0 Å². The van der Waals surface area contributed by atoms with Gasteiger partial charge >= 0.3 is 0 Å². The first-order valence-electron chi connectivity index (χ1n) is 7.36. The first-order valence-corrected chi connectivity index (χ1v) is 9.42. The van der Waals surface area contributed by atoms with Gasteiger partial charge in [-0.3, -0.25) is 4.68 Å². The fourth-order valence-corrected chi connectivity index (χ4v) is 2.34. The van der Waals surface area contributed by atoms with Crippen molar-refractivity contribution in [3.8, 4) is 0 Å². The van der Waals surface area contributed by atoms with E-state index < -0.39 is 9.84 Å². The van der Waals surface area contributed by atoms with Gasteiger partial charge < -0.3 is 9.84 Å². The maximum absolute atomic E-state index is 11.2. The number of rotatable bonds is 6. The quantitative estimate of drug-likeness (QED) is 0.854. The monoisotopic (exact) mass is 341 g/mol. The van der Waals surface area contributed by atoms with Crippen LogP contribution >= 0.6 is 0 Å². The standard InChI is InChI=1S/C14H23N5O3S/c1-10(12-16-13(18-22-12)14(2,3)4)15-11-6-7-19(17-11)8-9-23(5,20)21/h6-7,10H,8-9H2,1-5H3,(H,15,17)/t10-/m0/s1. The van der Waals surface area contributed by atoms with E-state index in [1.54, 1.807) is 16.9 Å². The van der Waals surface area contributed by atoms with Crippen LogP contribution in [0, 0.1) is 0 Å². The number of hydrogen-bond donors (Lipinski definition) is 1. The predicted molar refractivity (Wildman–Crippen MR) is 87.0 cm³/mol. The highest BCUT2D eigenvalue weighted by molar-refractivity contribution is 7.90. The fraction of sp³-hybridized carbons (Fsp3) is 0.643. The van der Waals surface area contributed by atoms with Crippen LogP contribution in [0.1, 0.15) is 45.5 Å². The van der Waals surface area contributed by atoms with Gasteiger partial charge in [0.05, 0.1) is 12.3 Å². The largest absolute Gasteiger partial charge is 0.357 e. The Morgan fingerprint density at radius 1 is 1.39 bits per heavy atom. The lowest BCUT2D eigenvalue weighted by Crippen LogP contribution is -2.14. The Balaban J connectivity index is 1.99. The molecule has 0 aliphatic carbocycles. The van der Waals surface area contributed by atoms with Crippen LogP contribution in [0.3, 0.4) is 0 Å². The number of anilines is 1. The van der Waals surface area contributed by atoms with Gasteiger partial charge in [0.1, 0.15) is 21.7 Å². The zero-order valence-corrected chi connectivity index (χ0v) is 14.9. The molecule has 2 aromatic heterocycles. The summed E-state index contributed by atoms with van der Waals surface area (Å²) in [7, 11) is -3.00. The zero-order valence-electron chi connectivity index (χ0n) is 14.1. The second-order valence-electron chi connectivity index (χ2n) is 6.67. The molecule has 0 saturated heterocycles. The fourth-order valence-electron chi connectivity index (χ4n) is 1.82. The topological polar surface area (TPSA) is 103 Å². The van der Waals surface area contributed by atoms with Crippen LogP contribution in [0.4, 0.5) is 5.82 Å². The smallest absolute Gasteiger partial charge is 0.248 e. The molecule has 0 bridgehead atoms. The van der Waals surface area contributed by atoms with Gasteiger partial charge in [0.2, 0.25) is 5.89 Å². The Bertz CT molecular complexity index is 757. The minimum Gasteiger partial charge on any atom is -0.357 e. The normalized spacial score (nSPS) is 14.0. The van der Waals surface area contributed by atoms with Gasteiger partial charge in [-0.05, 0) is 6.92 Å². The lowest BCUT2D eigenvalue weighted by Gasteiger charge is -2.11. The van der Waals surface area contributed by atoms with E-state index in [2.05, 4.69) is 20.6 Å². The number of aromatic nitrogens is 4. The highest BCUT2D eigenvalue weighted by Crippen LogP contribution is 2.22. The summed E-state index contributed by atoms with van der Waals surface area (Å²) >= 11 is 0. The summed E-state index contributed by atoms with van der Waals surface area (Å²) in [6.07, 6.45) is 2.94. The second kappa shape index (κ2) is 6.31. The second-order valence-corrected chi connectivity index (χ2v) is 8.93. The highest BCUT2D eigenvalue weighted by Gasteiger charge is 2.23. The molecule has 0 aliphatic heterocycles. The van der Waals surface area contributed by atoms with Gasteiger partial charge in [-0.25, -0.2) is 8.42 Å². The molecule has 2 aromatic rings. The van der Waals surface area contributed by atoms with Crippen molar-refractivity contribution in [2.24, 2.45) is 0 Å². The number of nitrogens with zero attached hydrogens (tertiary/aromatic N) is 4. The van der Waals surface area contributed by atoms with Crippen molar-refractivity contribution in [2.75, 3.05) is 17.3 Å². The van der Waals surface area contributed by atoms with E-state index in [4.69, 9.17) is 4.52 Å². The van der Waals surface area contributed by atoms with Gasteiger partial charge in [-0.15, -0.1) is 0 Å². The molecule has 23 heavy (non-hydrogen) atoms. The summed E-state index contributed by atoms with van der Waals surface area (Å²) in [5, 5.41) is 11.4. The average Bonchev–Trinajstić information content (AvgIpc) is 3.03. The van der Waals surface area contributed by atoms with Crippen LogP contribution in [0.5, 0.6) is 0 Å². The van der Waals surface area contributed by atoms with Gasteiger partial charge in [0, 0.05) is 23.9 Å². The van der Waals surface area contributed by atoms with Crippen LogP contribution in [0.15, 0.2) is 16.8 Å². The van der Waals surface area contributed by atoms with Gasteiger partial charge in [-0.2, -0.15) is 10.1 Å². The molecule has 2 heterocycles. The van der Waals surface area contributed by atoms with Crippen molar-refractivity contribution in [3.63, 3.8) is 0 Å². The molecule has 8 nitrogen and oxygen atoms in total. The lowest BCUT2D eigenvalue weighted by atomic mass is 9.96. The molecule has 1 atom stereocenters. The van der Waals surface area contributed by atoms with E-state index >= 15 is 0 Å². The number of hydrogen-bond acceptors (Lipinski definition) is 7. The summed E-state index contributed by atoms with van der Waals surface area (Å²) in [6.45, 7) is 8.27. The van der Waals surface area contributed by atoms with Gasteiger partial charge in [0.15, 0.2) is 5.82 Å². The van der Waals surface area contributed by atoms with Crippen LogP contribution in [-0.4, -0.2) is 40.3 Å². The molecule has 0 spiro atoms. The third kappa shape index (κ3) is 5.05. The molecule has 128 valence electrons. The molecular weight excluding hydrogens is 318 g/mol. The molecule has 2 rings (SSSR count). The van der Waals surface area contributed by atoms with Crippen LogP contribution < -0.4 is 5.32 Å². The molecule has 0 unspecified atom stereocenters. The maximum atomic E-state index is 11.2. The van der Waals surface area contributed by atoms with E-state index in [1.807, 2.05) is 27.7 Å². The predicted octanol–water partition coefficient (Wildman–Crippen LogP) is 1.78. The summed E-state index contributed by atoms with van der Waals surface area (Å²) in [5.41, 5.74) is -0.172.